The first-order valence-corrected chi connectivity index (χ1v) is 12.1. The van der Waals surface area contributed by atoms with Crippen molar-refractivity contribution in [3.8, 4) is 11.6 Å². The number of thioether (sulfide) groups is 1. The van der Waals surface area contributed by atoms with Crippen LogP contribution in [0.5, 0.6) is 0 Å². The maximum atomic E-state index is 12.9. The van der Waals surface area contributed by atoms with Gasteiger partial charge in [-0.3, -0.25) is 14.3 Å². The smallest absolute Gasteiger partial charge is 0.233 e. The molecule has 0 atom stereocenters. The highest BCUT2D eigenvalue weighted by molar-refractivity contribution is 7.99. The molecule has 0 saturated carbocycles. The number of aromatic nitrogens is 3. The molecule has 170 valence electrons. The molecule has 7 nitrogen and oxygen atoms in total. The number of carbonyl (C=O) groups excluding carboxylic acids is 1. The van der Waals surface area contributed by atoms with Crippen LogP contribution in [0.25, 0.3) is 11.6 Å². The highest BCUT2D eigenvalue weighted by atomic mass is 32.2. The Labute approximate surface area is 193 Å². The van der Waals surface area contributed by atoms with E-state index in [-0.39, 0.29) is 5.91 Å². The van der Waals surface area contributed by atoms with Crippen molar-refractivity contribution in [2.75, 3.05) is 31.9 Å². The van der Waals surface area contributed by atoms with E-state index in [0.717, 1.165) is 44.4 Å². The normalized spacial score (nSPS) is 14.9. The van der Waals surface area contributed by atoms with Gasteiger partial charge in [0, 0.05) is 39.3 Å². The Bertz CT molecular complexity index is 1020. The molecule has 3 aromatic rings. The fourth-order valence-corrected chi connectivity index (χ4v) is 4.81. The van der Waals surface area contributed by atoms with Crippen molar-refractivity contribution < 1.29 is 9.21 Å². The van der Waals surface area contributed by atoms with Crippen molar-refractivity contribution in [2.45, 2.75) is 39.0 Å². The van der Waals surface area contributed by atoms with Crippen LogP contribution < -0.4 is 0 Å². The molecule has 3 heterocycles. The minimum atomic E-state index is 0.156. The molecule has 32 heavy (non-hydrogen) atoms. The van der Waals surface area contributed by atoms with E-state index in [9.17, 15) is 4.79 Å². The maximum absolute atomic E-state index is 12.9. The summed E-state index contributed by atoms with van der Waals surface area (Å²) in [4.78, 5) is 17.2. The first kappa shape index (κ1) is 22.6. The van der Waals surface area contributed by atoms with E-state index < -0.39 is 0 Å². The second kappa shape index (κ2) is 10.4. The Kier molecular flexibility index (Phi) is 7.32. The second-order valence-corrected chi connectivity index (χ2v) is 9.67. The molecule has 0 aliphatic carbocycles. The van der Waals surface area contributed by atoms with Gasteiger partial charge in [-0.2, -0.15) is 0 Å². The molecule has 1 saturated heterocycles. The maximum Gasteiger partial charge on any atom is 0.233 e. The molecule has 1 aliphatic rings. The van der Waals surface area contributed by atoms with Crippen molar-refractivity contribution >= 4 is 17.7 Å². The minimum Gasteiger partial charge on any atom is -0.461 e. The third kappa shape index (κ3) is 5.61. The molecular weight excluding hydrogens is 422 g/mol. The van der Waals surface area contributed by atoms with E-state index in [1.165, 1.54) is 22.9 Å². The summed E-state index contributed by atoms with van der Waals surface area (Å²) >= 11 is 1.46. The van der Waals surface area contributed by atoms with E-state index in [0.29, 0.717) is 23.3 Å². The highest BCUT2D eigenvalue weighted by Crippen LogP contribution is 2.26. The highest BCUT2D eigenvalue weighted by Gasteiger charge is 2.23. The number of amides is 1. The lowest BCUT2D eigenvalue weighted by molar-refractivity contribution is -0.130. The number of rotatable bonds is 8. The Hall–Kier alpha value is -2.58. The molecule has 1 amide bonds. The summed E-state index contributed by atoms with van der Waals surface area (Å²) in [6.07, 6.45) is 1.64. The largest absolute Gasteiger partial charge is 0.461 e. The van der Waals surface area contributed by atoms with Crippen LogP contribution in [0.3, 0.4) is 0 Å². The van der Waals surface area contributed by atoms with E-state index >= 15 is 0 Å². The third-order valence-corrected chi connectivity index (χ3v) is 6.50. The van der Waals surface area contributed by atoms with Gasteiger partial charge in [-0.1, -0.05) is 55.4 Å². The summed E-state index contributed by atoms with van der Waals surface area (Å²) in [5, 5.41) is 9.43. The molecule has 4 rings (SSSR count). The Morgan fingerprint density at radius 1 is 1.12 bits per heavy atom. The molecular formula is C24H31N5O2S. The van der Waals surface area contributed by atoms with E-state index in [1.54, 1.807) is 6.26 Å². The molecule has 0 spiro atoms. The van der Waals surface area contributed by atoms with Gasteiger partial charge in [-0.05, 0) is 30.5 Å². The number of aryl methyl sites for hydroxylation is 1. The fourth-order valence-electron chi connectivity index (χ4n) is 3.95. The molecule has 1 aromatic carbocycles. The number of piperazine rings is 1. The van der Waals surface area contributed by atoms with Crippen molar-refractivity contribution in [3.05, 3.63) is 53.8 Å². The number of carbonyl (C=O) groups is 1. The number of furan rings is 1. The quantitative estimate of drug-likeness (QED) is 0.481. The third-order valence-electron chi connectivity index (χ3n) is 5.54. The summed E-state index contributed by atoms with van der Waals surface area (Å²) in [6, 6.07) is 12.4. The van der Waals surface area contributed by atoms with Crippen LogP contribution in [-0.2, 0) is 17.9 Å². The molecule has 0 unspecified atom stereocenters. The van der Waals surface area contributed by atoms with Crippen molar-refractivity contribution in [1.29, 1.82) is 0 Å². The number of nitrogens with zero attached hydrogens (tertiary/aromatic N) is 5. The number of hydrogen-bond acceptors (Lipinski definition) is 6. The van der Waals surface area contributed by atoms with Gasteiger partial charge in [0.15, 0.2) is 16.7 Å². The van der Waals surface area contributed by atoms with Crippen LogP contribution >= 0.6 is 11.8 Å². The monoisotopic (exact) mass is 453 g/mol. The van der Waals surface area contributed by atoms with Crippen LogP contribution in [0.4, 0.5) is 0 Å². The summed E-state index contributed by atoms with van der Waals surface area (Å²) in [7, 11) is 0. The minimum absolute atomic E-state index is 0.156. The molecule has 2 aromatic heterocycles. The van der Waals surface area contributed by atoms with Crippen molar-refractivity contribution in [2.24, 2.45) is 5.92 Å². The van der Waals surface area contributed by atoms with Gasteiger partial charge < -0.3 is 9.32 Å². The van der Waals surface area contributed by atoms with Gasteiger partial charge in [0.05, 0.1) is 12.0 Å². The van der Waals surface area contributed by atoms with Crippen LogP contribution in [0.15, 0.2) is 52.2 Å². The van der Waals surface area contributed by atoms with Gasteiger partial charge in [0.25, 0.3) is 0 Å². The average molecular weight is 454 g/mol. The Morgan fingerprint density at radius 2 is 1.94 bits per heavy atom. The van der Waals surface area contributed by atoms with E-state index in [2.05, 4.69) is 64.7 Å². The summed E-state index contributed by atoms with van der Waals surface area (Å²) < 4.78 is 7.58. The van der Waals surface area contributed by atoms with Crippen molar-refractivity contribution in [3.63, 3.8) is 0 Å². The summed E-state index contributed by atoms with van der Waals surface area (Å²) in [6.45, 7) is 11.5. The van der Waals surface area contributed by atoms with Crippen LogP contribution in [-0.4, -0.2) is 62.4 Å². The standard InChI is InChI=1S/C24H31N5O2S/c1-18(2)15-29-23(21-8-5-13-31-21)25-26-24(29)32-17-22(30)28-11-9-27(10-12-28)16-20-7-4-6-19(3)14-20/h4-8,13-14,18H,9-12,15-17H2,1-3H3. The topological polar surface area (TPSA) is 67.4 Å². The van der Waals surface area contributed by atoms with Crippen molar-refractivity contribution in [1.82, 2.24) is 24.6 Å². The van der Waals surface area contributed by atoms with Gasteiger partial charge in [-0.25, -0.2) is 0 Å². The Morgan fingerprint density at radius 3 is 2.62 bits per heavy atom. The molecule has 1 aliphatic heterocycles. The molecule has 0 N–H and O–H groups in total. The summed E-state index contributed by atoms with van der Waals surface area (Å²) in [5.41, 5.74) is 2.62. The molecule has 0 bridgehead atoms. The van der Waals surface area contributed by atoms with E-state index in [4.69, 9.17) is 4.42 Å². The van der Waals surface area contributed by atoms with E-state index in [1.807, 2.05) is 17.0 Å². The predicted molar refractivity (Wildman–Crippen MR) is 126 cm³/mol. The lowest BCUT2D eigenvalue weighted by atomic mass is 10.1. The van der Waals surface area contributed by atoms with Crippen LogP contribution in [0.1, 0.15) is 25.0 Å². The lowest BCUT2D eigenvalue weighted by Gasteiger charge is -2.34. The number of benzene rings is 1. The van der Waals surface area contributed by atoms with Gasteiger partial charge in [0.1, 0.15) is 0 Å². The Balaban J connectivity index is 1.31. The first-order chi connectivity index (χ1) is 15.5. The van der Waals surface area contributed by atoms with Crippen LogP contribution in [0.2, 0.25) is 0 Å². The summed E-state index contributed by atoms with van der Waals surface area (Å²) in [5.74, 6) is 2.36. The van der Waals surface area contributed by atoms with Crippen LogP contribution in [0, 0.1) is 12.8 Å². The zero-order valence-electron chi connectivity index (χ0n) is 19.0. The SMILES string of the molecule is Cc1cccc(CN2CCN(C(=O)CSc3nnc(-c4ccco4)n3CC(C)C)CC2)c1. The second-order valence-electron chi connectivity index (χ2n) is 8.72. The van der Waals surface area contributed by atoms with Gasteiger partial charge in [0.2, 0.25) is 5.91 Å². The van der Waals surface area contributed by atoms with Gasteiger partial charge >= 0.3 is 0 Å². The molecule has 1 fully saturated rings. The zero-order chi connectivity index (χ0) is 22.5. The zero-order valence-corrected chi connectivity index (χ0v) is 19.8. The van der Waals surface area contributed by atoms with Gasteiger partial charge in [-0.15, -0.1) is 10.2 Å². The predicted octanol–water partition coefficient (Wildman–Crippen LogP) is 3.94. The number of hydrogen-bond donors (Lipinski definition) is 0. The lowest BCUT2D eigenvalue weighted by Crippen LogP contribution is -2.48. The molecule has 0 radical (unpaired) electrons. The fraction of sp³-hybridized carbons (Fsp3) is 0.458. The average Bonchev–Trinajstić information content (AvgIpc) is 3.42. The first-order valence-electron chi connectivity index (χ1n) is 11.1. The molecule has 8 heteroatoms.